The highest BCUT2D eigenvalue weighted by molar-refractivity contribution is 5.96. The van der Waals surface area contributed by atoms with E-state index >= 15 is 0 Å². The zero-order valence-electron chi connectivity index (χ0n) is 22.0. The third-order valence-electron chi connectivity index (χ3n) is 8.10. The van der Waals surface area contributed by atoms with Gasteiger partial charge in [-0.15, -0.1) is 0 Å². The number of amides is 1. The summed E-state index contributed by atoms with van der Waals surface area (Å²) < 4.78 is 1.97. The van der Waals surface area contributed by atoms with Crippen molar-refractivity contribution in [3.05, 3.63) is 65.0 Å². The number of allylic oxidation sites excluding steroid dienone is 1. The molecule has 2 saturated heterocycles. The van der Waals surface area contributed by atoms with Gasteiger partial charge in [0.2, 0.25) is 0 Å². The van der Waals surface area contributed by atoms with Crippen LogP contribution in [0, 0.1) is 6.92 Å². The Labute approximate surface area is 219 Å². The molecule has 2 bridgehead atoms. The van der Waals surface area contributed by atoms with Crippen molar-refractivity contribution in [1.29, 1.82) is 0 Å². The first-order valence-corrected chi connectivity index (χ1v) is 13.7. The topological polar surface area (TPSA) is 69.0 Å². The molecule has 0 aliphatic carbocycles. The molecule has 3 aromatic rings. The van der Waals surface area contributed by atoms with E-state index in [2.05, 4.69) is 70.9 Å². The number of hydrogen-bond donors (Lipinski definition) is 1. The van der Waals surface area contributed by atoms with Gasteiger partial charge >= 0.3 is 0 Å². The molecule has 2 fully saturated rings. The van der Waals surface area contributed by atoms with E-state index < -0.39 is 0 Å². The molecule has 6 rings (SSSR count). The van der Waals surface area contributed by atoms with Gasteiger partial charge in [-0.3, -0.25) is 4.79 Å². The van der Waals surface area contributed by atoms with Crippen molar-refractivity contribution in [2.24, 2.45) is 0 Å². The van der Waals surface area contributed by atoms with Crippen molar-refractivity contribution in [2.45, 2.75) is 51.5 Å². The number of nitrogens with zero attached hydrogens (tertiary/aromatic N) is 6. The number of rotatable bonds is 1. The average molecular weight is 500 g/mol. The summed E-state index contributed by atoms with van der Waals surface area (Å²) in [4.78, 5) is 25.7. The van der Waals surface area contributed by atoms with Crippen molar-refractivity contribution in [3.8, 4) is 0 Å². The maximum absolute atomic E-state index is 14.1. The maximum Gasteiger partial charge on any atom is 0.254 e. The summed E-state index contributed by atoms with van der Waals surface area (Å²) in [6.45, 7) is 10.7. The molecule has 1 atom stereocenters. The molecular weight excluding hydrogens is 462 g/mol. The molecule has 1 unspecified atom stereocenters. The zero-order chi connectivity index (χ0) is 25.5. The quantitative estimate of drug-likeness (QED) is 0.544. The van der Waals surface area contributed by atoms with Gasteiger partial charge in [0.15, 0.2) is 5.65 Å². The first-order chi connectivity index (χ1) is 18.0. The van der Waals surface area contributed by atoms with Gasteiger partial charge in [0, 0.05) is 63.2 Å². The van der Waals surface area contributed by atoms with Gasteiger partial charge in [-0.1, -0.05) is 24.3 Å². The fourth-order valence-corrected chi connectivity index (χ4v) is 5.74. The van der Waals surface area contributed by atoms with E-state index in [1.54, 1.807) is 0 Å². The van der Waals surface area contributed by atoms with Crippen LogP contribution in [0.5, 0.6) is 0 Å². The summed E-state index contributed by atoms with van der Waals surface area (Å²) in [7, 11) is 2.11. The van der Waals surface area contributed by atoms with Gasteiger partial charge in [-0.2, -0.15) is 9.61 Å². The minimum atomic E-state index is -0.0496. The van der Waals surface area contributed by atoms with Crippen molar-refractivity contribution >= 4 is 23.2 Å². The van der Waals surface area contributed by atoms with Crippen LogP contribution in [0.4, 0.5) is 11.6 Å². The summed E-state index contributed by atoms with van der Waals surface area (Å²) >= 11 is 0. The van der Waals surface area contributed by atoms with Gasteiger partial charge in [0.1, 0.15) is 11.6 Å². The molecule has 0 radical (unpaired) electrons. The molecule has 37 heavy (non-hydrogen) atoms. The Morgan fingerprint density at radius 1 is 1.03 bits per heavy atom. The smallest absolute Gasteiger partial charge is 0.254 e. The molecule has 1 amide bonds. The molecule has 0 spiro atoms. The van der Waals surface area contributed by atoms with Gasteiger partial charge < -0.3 is 20.0 Å². The SMILES string of the molecule is C=C1CCc2ccc(C)cc2C(=O)N2CCCCC2c2cc3nc(N4CCC4)cc(n3n2)N(C)CCN1. The Kier molecular flexibility index (Phi) is 6.26. The van der Waals surface area contributed by atoms with Gasteiger partial charge in [-0.05, 0) is 57.1 Å². The number of piperidine rings is 1. The van der Waals surface area contributed by atoms with Gasteiger partial charge in [-0.25, -0.2) is 4.98 Å². The van der Waals surface area contributed by atoms with Crippen LogP contribution in [-0.2, 0) is 6.42 Å². The number of benzene rings is 1. The van der Waals surface area contributed by atoms with E-state index in [1.165, 1.54) is 6.42 Å². The van der Waals surface area contributed by atoms with Gasteiger partial charge in [0.25, 0.3) is 5.91 Å². The van der Waals surface area contributed by atoms with Gasteiger partial charge in [0.05, 0.1) is 11.7 Å². The van der Waals surface area contributed by atoms with Crippen LogP contribution in [0.15, 0.2) is 42.6 Å². The Morgan fingerprint density at radius 3 is 2.70 bits per heavy atom. The Hall–Kier alpha value is -3.55. The van der Waals surface area contributed by atoms with Crippen LogP contribution in [0.3, 0.4) is 0 Å². The van der Waals surface area contributed by atoms with Crippen molar-refractivity contribution in [3.63, 3.8) is 0 Å². The highest BCUT2D eigenvalue weighted by Crippen LogP contribution is 2.34. The fourth-order valence-electron chi connectivity index (χ4n) is 5.74. The van der Waals surface area contributed by atoms with Crippen molar-refractivity contribution < 1.29 is 4.79 Å². The molecule has 3 aliphatic rings. The third-order valence-corrected chi connectivity index (χ3v) is 8.10. The Morgan fingerprint density at radius 2 is 1.89 bits per heavy atom. The predicted molar refractivity (Wildman–Crippen MR) is 147 cm³/mol. The summed E-state index contributed by atoms with van der Waals surface area (Å²) in [5, 5.41) is 8.59. The normalized spacial score (nSPS) is 21.0. The van der Waals surface area contributed by atoms with Crippen LogP contribution in [0.1, 0.15) is 65.3 Å². The number of aryl methyl sites for hydroxylation is 2. The number of hydrogen-bond acceptors (Lipinski definition) is 6. The Balaban J connectivity index is 1.47. The lowest BCUT2D eigenvalue weighted by Gasteiger charge is -2.35. The molecular formula is C29H37N7O. The number of carbonyl (C=O) groups excluding carboxylic acids is 1. The van der Waals surface area contributed by atoms with Crippen LogP contribution in [0.25, 0.3) is 5.65 Å². The predicted octanol–water partition coefficient (Wildman–Crippen LogP) is 4.10. The lowest BCUT2D eigenvalue weighted by Crippen LogP contribution is -2.39. The fraction of sp³-hybridized carbons (Fsp3) is 0.483. The first kappa shape index (κ1) is 23.8. The van der Waals surface area contributed by atoms with E-state index in [-0.39, 0.29) is 11.9 Å². The van der Waals surface area contributed by atoms with Crippen molar-refractivity contribution in [2.75, 3.05) is 49.6 Å². The van der Waals surface area contributed by atoms with E-state index in [9.17, 15) is 4.79 Å². The second-order valence-electron chi connectivity index (χ2n) is 10.8. The molecule has 1 aromatic carbocycles. The lowest BCUT2D eigenvalue weighted by atomic mass is 9.95. The van der Waals surface area contributed by atoms with Crippen LogP contribution in [0.2, 0.25) is 0 Å². The summed E-state index contributed by atoms with van der Waals surface area (Å²) in [6, 6.07) is 10.5. The number of aromatic nitrogens is 3. The summed E-state index contributed by atoms with van der Waals surface area (Å²) in [5.74, 6) is 2.13. The van der Waals surface area contributed by atoms with Crippen molar-refractivity contribution in [1.82, 2.24) is 24.8 Å². The minimum Gasteiger partial charge on any atom is -0.387 e. The minimum absolute atomic E-state index is 0.0496. The van der Waals surface area contributed by atoms with Crippen LogP contribution < -0.4 is 15.1 Å². The molecule has 0 saturated carbocycles. The standard InChI is InChI=1S/C29H37N7O/c1-20-8-10-22-11-9-21(2)30-12-16-33(3)28-19-26(34-13-6-14-34)31-27-18-24(32-36(27)28)25-7-4-5-15-35(25)29(37)23(22)17-20/h8,10,17-19,25,30H,2,4-7,9,11-16H2,1,3H3. The molecule has 194 valence electrons. The molecule has 2 aromatic heterocycles. The van der Waals surface area contributed by atoms with E-state index in [1.807, 2.05) is 4.52 Å². The second-order valence-corrected chi connectivity index (χ2v) is 10.8. The highest BCUT2D eigenvalue weighted by atomic mass is 16.2. The molecule has 1 N–H and O–H groups in total. The molecule has 8 heteroatoms. The average Bonchev–Trinajstić information content (AvgIpc) is 3.29. The molecule has 5 heterocycles. The molecule has 8 nitrogen and oxygen atoms in total. The number of fused-ring (bicyclic) bond motifs is 4. The monoisotopic (exact) mass is 499 g/mol. The number of anilines is 2. The zero-order valence-corrected chi connectivity index (χ0v) is 22.0. The van der Waals surface area contributed by atoms with E-state index in [0.717, 1.165) is 110 Å². The number of carbonyl (C=O) groups is 1. The summed E-state index contributed by atoms with van der Waals surface area (Å²) in [5.41, 5.74) is 5.79. The van der Waals surface area contributed by atoms with E-state index in [0.29, 0.717) is 0 Å². The third kappa shape index (κ3) is 4.54. The summed E-state index contributed by atoms with van der Waals surface area (Å²) in [6.07, 6.45) is 5.82. The maximum atomic E-state index is 14.1. The van der Waals surface area contributed by atoms with Crippen LogP contribution >= 0.6 is 0 Å². The highest BCUT2D eigenvalue weighted by Gasteiger charge is 2.32. The van der Waals surface area contributed by atoms with E-state index in [4.69, 9.17) is 10.1 Å². The Bertz CT molecular complexity index is 1340. The van der Waals surface area contributed by atoms with Crippen LogP contribution in [-0.4, -0.2) is 65.2 Å². The first-order valence-electron chi connectivity index (χ1n) is 13.7. The second kappa shape index (κ2) is 9.72. The number of likely N-dealkylation sites (N-methyl/N-ethyl adjacent to an activating group) is 1. The lowest BCUT2D eigenvalue weighted by molar-refractivity contribution is 0.0604. The number of nitrogens with one attached hydrogen (secondary N) is 1. The largest absolute Gasteiger partial charge is 0.387 e. The molecule has 3 aliphatic heterocycles.